The smallest absolute Gasteiger partial charge is 0.300 e. The van der Waals surface area contributed by atoms with Crippen molar-refractivity contribution in [2.45, 2.75) is 31.4 Å². The number of nitrogens with one attached hydrogen (secondary N) is 1. The molecule has 1 N–H and O–H groups in total. The molecule has 0 spiro atoms. The van der Waals surface area contributed by atoms with Gasteiger partial charge in [-0.3, -0.25) is 4.79 Å². The van der Waals surface area contributed by atoms with Gasteiger partial charge in [-0.15, -0.1) is 0 Å². The molecule has 35 heavy (non-hydrogen) atoms. The zero-order chi connectivity index (χ0) is 24.4. The van der Waals surface area contributed by atoms with Gasteiger partial charge in [0.05, 0.1) is 23.3 Å². The fourth-order valence-corrected chi connectivity index (χ4v) is 5.38. The van der Waals surface area contributed by atoms with E-state index < -0.39 is 4.75 Å². The van der Waals surface area contributed by atoms with Crippen LogP contribution in [-0.4, -0.2) is 35.2 Å². The number of aliphatic imine (C=N–C) groups is 1. The van der Waals surface area contributed by atoms with E-state index in [2.05, 4.69) is 45.8 Å². The number of amides is 1. The summed E-state index contributed by atoms with van der Waals surface area (Å²) in [6.07, 6.45) is 2.00. The standard InChI is InChI=1S/C28H28N4O2S/c1-28(2)25(30-31-27(33)35-28)21-13-16-24-20(18-21)8-7-17-32(24)26(29-22-9-5-4-6-10-22)19-11-14-23(34-3)15-12-19/h4-6,9-16,18H,7-8,17H2,1-3H3,(H,31,33). The highest BCUT2D eigenvalue weighted by molar-refractivity contribution is 8.15. The third kappa shape index (κ3) is 4.82. The summed E-state index contributed by atoms with van der Waals surface area (Å²) in [6.45, 7) is 4.95. The molecule has 2 heterocycles. The van der Waals surface area contributed by atoms with Crippen LogP contribution in [-0.2, 0) is 6.42 Å². The lowest BCUT2D eigenvalue weighted by atomic mass is 9.93. The van der Waals surface area contributed by atoms with Crippen LogP contribution in [0.4, 0.5) is 16.2 Å². The van der Waals surface area contributed by atoms with Crippen molar-refractivity contribution in [1.29, 1.82) is 0 Å². The number of rotatable bonds is 4. The summed E-state index contributed by atoms with van der Waals surface area (Å²) in [7, 11) is 1.67. The van der Waals surface area contributed by atoms with Crippen molar-refractivity contribution in [3.63, 3.8) is 0 Å². The lowest BCUT2D eigenvalue weighted by Crippen LogP contribution is -2.39. The summed E-state index contributed by atoms with van der Waals surface area (Å²) >= 11 is 1.27. The van der Waals surface area contributed by atoms with Gasteiger partial charge in [-0.1, -0.05) is 36.0 Å². The number of thioether (sulfide) groups is 1. The van der Waals surface area contributed by atoms with Gasteiger partial charge in [-0.05, 0) is 86.3 Å². The molecule has 0 radical (unpaired) electrons. The summed E-state index contributed by atoms with van der Waals surface area (Å²) in [5, 5.41) is 4.28. The molecular weight excluding hydrogens is 456 g/mol. The highest BCUT2D eigenvalue weighted by Gasteiger charge is 2.34. The quantitative estimate of drug-likeness (QED) is 0.355. The van der Waals surface area contributed by atoms with Crippen LogP contribution in [0.15, 0.2) is 82.9 Å². The number of para-hydroxylation sites is 1. The highest BCUT2D eigenvalue weighted by atomic mass is 32.2. The van der Waals surface area contributed by atoms with Gasteiger partial charge >= 0.3 is 0 Å². The predicted molar refractivity (Wildman–Crippen MR) is 144 cm³/mol. The van der Waals surface area contributed by atoms with E-state index >= 15 is 0 Å². The number of carbonyl (C=O) groups excluding carboxylic acids is 1. The molecule has 1 amide bonds. The molecule has 178 valence electrons. The Kier molecular flexibility index (Phi) is 6.34. The van der Waals surface area contributed by atoms with E-state index in [1.165, 1.54) is 17.3 Å². The number of methoxy groups -OCH3 is 1. The fourth-order valence-electron chi connectivity index (χ4n) is 4.56. The minimum Gasteiger partial charge on any atom is -0.497 e. The number of nitrogens with zero attached hydrogens (tertiary/aromatic N) is 3. The van der Waals surface area contributed by atoms with Gasteiger partial charge < -0.3 is 9.64 Å². The monoisotopic (exact) mass is 484 g/mol. The largest absolute Gasteiger partial charge is 0.497 e. The molecule has 3 aromatic rings. The van der Waals surface area contributed by atoms with Gasteiger partial charge in [0.15, 0.2) is 0 Å². The van der Waals surface area contributed by atoms with E-state index in [4.69, 9.17) is 9.73 Å². The van der Waals surface area contributed by atoms with Gasteiger partial charge in [0.2, 0.25) is 0 Å². The van der Waals surface area contributed by atoms with Crippen molar-refractivity contribution >= 4 is 39.9 Å². The number of ether oxygens (including phenoxy) is 1. The second-order valence-electron chi connectivity index (χ2n) is 9.07. The average Bonchev–Trinajstić information content (AvgIpc) is 2.87. The number of benzene rings is 3. The van der Waals surface area contributed by atoms with Crippen LogP contribution in [0.2, 0.25) is 0 Å². The normalized spacial score (nSPS) is 17.3. The summed E-state index contributed by atoms with van der Waals surface area (Å²) in [6, 6.07) is 24.6. The second-order valence-corrected chi connectivity index (χ2v) is 10.7. The first-order valence-electron chi connectivity index (χ1n) is 11.7. The van der Waals surface area contributed by atoms with Crippen molar-refractivity contribution in [2.24, 2.45) is 10.1 Å². The summed E-state index contributed by atoms with van der Waals surface area (Å²) in [5.74, 6) is 1.73. The van der Waals surface area contributed by atoms with Crippen molar-refractivity contribution in [1.82, 2.24) is 5.43 Å². The molecule has 0 saturated carbocycles. The Bertz CT molecular complexity index is 1300. The molecule has 0 bridgehead atoms. The molecule has 0 fully saturated rings. The van der Waals surface area contributed by atoms with Gasteiger partial charge in [0.1, 0.15) is 11.6 Å². The Labute approximate surface area is 210 Å². The average molecular weight is 485 g/mol. The number of amidine groups is 1. The van der Waals surface area contributed by atoms with Crippen LogP contribution >= 0.6 is 11.8 Å². The van der Waals surface area contributed by atoms with E-state index in [1.54, 1.807) is 7.11 Å². The summed E-state index contributed by atoms with van der Waals surface area (Å²) < 4.78 is 4.98. The molecule has 3 aromatic carbocycles. The van der Waals surface area contributed by atoms with Crippen LogP contribution < -0.4 is 15.1 Å². The molecular formula is C28H28N4O2S. The maximum absolute atomic E-state index is 11.8. The molecule has 6 nitrogen and oxygen atoms in total. The summed E-state index contributed by atoms with van der Waals surface area (Å²) in [5.41, 5.74) is 8.89. The Balaban J connectivity index is 1.57. The Morgan fingerprint density at radius 3 is 2.57 bits per heavy atom. The summed E-state index contributed by atoms with van der Waals surface area (Å²) in [4.78, 5) is 19.2. The molecule has 0 aliphatic carbocycles. The van der Waals surface area contributed by atoms with Crippen LogP contribution in [0.1, 0.15) is 37.0 Å². The maximum Gasteiger partial charge on any atom is 0.300 e. The van der Waals surface area contributed by atoms with Crippen molar-refractivity contribution < 1.29 is 9.53 Å². The third-order valence-electron chi connectivity index (χ3n) is 6.24. The lowest BCUT2D eigenvalue weighted by Gasteiger charge is -2.34. The Morgan fingerprint density at radius 2 is 1.86 bits per heavy atom. The van der Waals surface area contributed by atoms with Crippen molar-refractivity contribution in [2.75, 3.05) is 18.6 Å². The minimum absolute atomic E-state index is 0.121. The zero-order valence-electron chi connectivity index (χ0n) is 20.1. The van der Waals surface area contributed by atoms with Gasteiger partial charge in [0, 0.05) is 17.8 Å². The van der Waals surface area contributed by atoms with E-state index in [9.17, 15) is 4.79 Å². The number of hydrazone groups is 1. The molecule has 2 aliphatic heterocycles. The highest BCUT2D eigenvalue weighted by Crippen LogP contribution is 2.36. The number of aryl methyl sites for hydroxylation is 1. The lowest BCUT2D eigenvalue weighted by molar-refractivity contribution is 0.260. The first kappa shape index (κ1) is 23.2. The SMILES string of the molecule is COc1ccc(C(=Nc2ccccc2)N2CCCc3cc(C4=NNC(=O)SC4(C)C)ccc32)cc1. The predicted octanol–water partition coefficient (Wildman–Crippen LogP) is 6.17. The van der Waals surface area contributed by atoms with E-state index in [0.29, 0.717) is 0 Å². The third-order valence-corrected chi connectivity index (χ3v) is 7.22. The Morgan fingerprint density at radius 1 is 1.09 bits per heavy atom. The first-order chi connectivity index (χ1) is 16.9. The number of carbonyl (C=O) groups is 1. The van der Waals surface area contributed by atoms with E-state index in [-0.39, 0.29) is 5.24 Å². The second kappa shape index (κ2) is 9.58. The number of hydrogen-bond acceptors (Lipinski definition) is 5. The molecule has 2 aliphatic rings. The van der Waals surface area contributed by atoms with E-state index in [1.807, 2.05) is 56.3 Å². The molecule has 0 atom stereocenters. The van der Waals surface area contributed by atoms with Crippen molar-refractivity contribution in [3.8, 4) is 5.75 Å². The molecule has 0 aromatic heterocycles. The Hall–Kier alpha value is -3.58. The van der Waals surface area contributed by atoms with Gasteiger partial charge in [0.25, 0.3) is 5.24 Å². The fraction of sp³-hybridized carbons (Fsp3) is 0.250. The first-order valence-corrected chi connectivity index (χ1v) is 12.5. The molecule has 0 saturated heterocycles. The number of anilines is 1. The van der Waals surface area contributed by atoms with Crippen LogP contribution in [0.5, 0.6) is 5.75 Å². The van der Waals surface area contributed by atoms with Crippen molar-refractivity contribution in [3.05, 3.63) is 89.5 Å². The minimum atomic E-state index is -0.395. The molecule has 5 rings (SSSR count). The number of fused-ring (bicyclic) bond motifs is 1. The molecule has 0 unspecified atom stereocenters. The van der Waals surface area contributed by atoms with Crippen LogP contribution in [0.25, 0.3) is 0 Å². The van der Waals surface area contributed by atoms with E-state index in [0.717, 1.165) is 59.2 Å². The topological polar surface area (TPSA) is 66.3 Å². The molecule has 7 heteroatoms. The van der Waals surface area contributed by atoms with Gasteiger partial charge in [-0.2, -0.15) is 5.10 Å². The van der Waals surface area contributed by atoms with Gasteiger partial charge in [-0.25, -0.2) is 10.4 Å². The maximum atomic E-state index is 11.8. The zero-order valence-corrected chi connectivity index (χ0v) is 20.9. The number of hydrogen-bond donors (Lipinski definition) is 1. The van der Waals surface area contributed by atoms with Crippen LogP contribution in [0, 0.1) is 0 Å². The van der Waals surface area contributed by atoms with Crippen LogP contribution in [0.3, 0.4) is 0 Å².